The Kier molecular flexibility index (Phi) is 6.61. The largest absolute Gasteiger partial charge is 0.489 e. The predicted octanol–water partition coefficient (Wildman–Crippen LogP) is 2.03. The molecule has 2 aliphatic heterocycles. The van der Waals surface area contributed by atoms with Gasteiger partial charge in [0.1, 0.15) is 0 Å². The SMILES string of the molecule is CCS(=O)(=O)N[C@H]1CC[C@H](CCN2CCN(c3nccc4c3OCC4)CC2)CC1. The van der Waals surface area contributed by atoms with Crippen LogP contribution in [0.1, 0.15) is 44.6 Å². The van der Waals surface area contributed by atoms with Gasteiger partial charge in [-0.3, -0.25) is 4.90 Å². The fourth-order valence-corrected chi connectivity index (χ4v) is 5.68. The Bertz CT molecular complexity index is 785. The van der Waals surface area contributed by atoms with Gasteiger partial charge in [-0.25, -0.2) is 18.1 Å². The van der Waals surface area contributed by atoms with Gasteiger partial charge in [-0.2, -0.15) is 0 Å². The van der Waals surface area contributed by atoms with Crippen molar-refractivity contribution in [2.75, 3.05) is 50.0 Å². The topological polar surface area (TPSA) is 74.8 Å². The van der Waals surface area contributed by atoms with Crippen molar-refractivity contribution >= 4 is 15.8 Å². The second-order valence-electron chi connectivity index (χ2n) is 8.58. The Labute approximate surface area is 174 Å². The standard InChI is InChI=1S/C21H34N4O3S/c1-2-29(26,27)23-19-5-3-17(4-6-19)8-11-24-12-14-25(15-13-24)21-20-18(7-10-22-21)9-16-28-20/h7,10,17,19,23H,2-6,8-9,11-16H2,1H3/t17-,19-. The zero-order chi connectivity index (χ0) is 20.3. The van der Waals surface area contributed by atoms with Gasteiger partial charge in [0.25, 0.3) is 0 Å². The van der Waals surface area contributed by atoms with E-state index in [1.807, 2.05) is 6.20 Å². The highest BCUT2D eigenvalue weighted by Crippen LogP contribution is 2.34. The maximum absolute atomic E-state index is 11.7. The Morgan fingerprint density at radius 2 is 1.93 bits per heavy atom. The lowest BCUT2D eigenvalue weighted by Crippen LogP contribution is -2.47. The summed E-state index contributed by atoms with van der Waals surface area (Å²) in [5, 5.41) is 0. The molecule has 0 aromatic carbocycles. The average molecular weight is 423 g/mol. The second-order valence-corrected chi connectivity index (χ2v) is 10.6. The molecule has 1 saturated heterocycles. The van der Waals surface area contributed by atoms with Crippen LogP contribution in [-0.2, 0) is 16.4 Å². The van der Waals surface area contributed by atoms with Crippen LogP contribution in [0.15, 0.2) is 12.3 Å². The van der Waals surface area contributed by atoms with Crippen LogP contribution < -0.4 is 14.4 Å². The van der Waals surface area contributed by atoms with Gasteiger partial charge in [0.05, 0.1) is 12.4 Å². The molecule has 4 rings (SSSR count). The number of sulfonamides is 1. The van der Waals surface area contributed by atoms with Crippen LogP contribution in [0, 0.1) is 5.92 Å². The number of hydrogen-bond acceptors (Lipinski definition) is 6. The first-order valence-corrected chi connectivity index (χ1v) is 12.8. The number of pyridine rings is 1. The third-order valence-electron chi connectivity index (χ3n) is 6.68. The van der Waals surface area contributed by atoms with Crippen molar-refractivity contribution in [1.82, 2.24) is 14.6 Å². The molecule has 0 spiro atoms. The average Bonchev–Trinajstić information content (AvgIpc) is 3.22. The quantitative estimate of drug-likeness (QED) is 0.725. The molecule has 0 atom stereocenters. The van der Waals surface area contributed by atoms with E-state index in [0.29, 0.717) is 0 Å². The summed E-state index contributed by atoms with van der Waals surface area (Å²) < 4.78 is 32.1. The van der Waals surface area contributed by atoms with Crippen LogP contribution in [0.4, 0.5) is 5.82 Å². The van der Waals surface area contributed by atoms with Crippen LogP contribution in [0.2, 0.25) is 0 Å². The van der Waals surface area contributed by atoms with Gasteiger partial charge in [0.2, 0.25) is 10.0 Å². The third kappa shape index (κ3) is 5.22. The lowest BCUT2D eigenvalue weighted by molar-refractivity contribution is 0.214. The summed E-state index contributed by atoms with van der Waals surface area (Å²) >= 11 is 0. The summed E-state index contributed by atoms with van der Waals surface area (Å²) in [4.78, 5) is 9.52. The van der Waals surface area contributed by atoms with Crippen LogP contribution >= 0.6 is 0 Å². The van der Waals surface area contributed by atoms with E-state index in [1.54, 1.807) is 6.92 Å². The van der Waals surface area contributed by atoms with Crippen molar-refractivity contribution in [3.8, 4) is 5.75 Å². The molecule has 0 unspecified atom stereocenters. The Balaban J connectivity index is 1.18. The van der Waals surface area contributed by atoms with Crippen LogP contribution in [-0.4, -0.2) is 69.4 Å². The monoisotopic (exact) mass is 422 g/mol. The molecule has 1 aromatic rings. The molecule has 0 bridgehead atoms. The number of fused-ring (bicyclic) bond motifs is 1. The van der Waals surface area contributed by atoms with E-state index in [9.17, 15) is 8.42 Å². The van der Waals surface area contributed by atoms with E-state index in [2.05, 4.69) is 25.6 Å². The van der Waals surface area contributed by atoms with Crippen LogP contribution in [0.3, 0.4) is 0 Å². The number of ether oxygens (including phenoxy) is 1. The summed E-state index contributed by atoms with van der Waals surface area (Å²) in [5.74, 6) is 2.92. The fourth-order valence-electron chi connectivity index (χ4n) is 4.77. The highest BCUT2D eigenvalue weighted by atomic mass is 32.2. The minimum atomic E-state index is -3.08. The van der Waals surface area contributed by atoms with Crippen molar-refractivity contribution in [2.45, 2.75) is 51.5 Å². The second kappa shape index (κ2) is 9.18. The molecule has 8 heteroatoms. The minimum absolute atomic E-state index is 0.141. The lowest BCUT2D eigenvalue weighted by atomic mass is 9.84. The molecule has 1 aliphatic carbocycles. The lowest BCUT2D eigenvalue weighted by Gasteiger charge is -2.37. The number of rotatable bonds is 7. The molecule has 0 amide bonds. The predicted molar refractivity (Wildman–Crippen MR) is 115 cm³/mol. The van der Waals surface area contributed by atoms with Gasteiger partial charge in [0.15, 0.2) is 11.6 Å². The number of nitrogens with zero attached hydrogens (tertiary/aromatic N) is 3. The molecule has 162 valence electrons. The third-order valence-corrected chi connectivity index (χ3v) is 8.14. The maximum atomic E-state index is 11.7. The first kappa shape index (κ1) is 20.9. The first-order chi connectivity index (χ1) is 14.0. The van der Waals surface area contributed by atoms with E-state index < -0.39 is 10.0 Å². The van der Waals surface area contributed by atoms with Gasteiger partial charge in [0, 0.05) is 50.4 Å². The van der Waals surface area contributed by atoms with E-state index in [0.717, 1.165) is 88.9 Å². The Hall–Kier alpha value is -1.38. The highest BCUT2D eigenvalue weighted by molar-refractivity contribution is 7.89. The Morgan fingerprint density at radius 1 is 1.17 bits per heavy atom. The van der Waals surface area contributed by atoms with E-state index >= 15 is 0 Å². The molecular formula is C21H34N4O3S. The zero-order valence-corrected chi connectivity index (χ0v) is 18.3. The van der Waals surface area contributed by atoms with E-state index in [-0.39, 0.29) is 11.8 Å². The van der Waals surface area contributed by atoms with Crippen LogP contribution in [0.25, 0.3) is 0 Å². The summed E-state index contributed by atoms with van der Waals surface area (Å²) in [6.07, 6.45) is 8.34. The highest BCUT2D eigenvalue weighted by Gasteiger charge is 2.27. The van der Waals surface area contributed by atoms with Crippen molar-refractivity contribution in [1.29, 1.82) is 0 Å². The molecule has 0 radical (unpaired) electrons. The van der Waals surface area contributed by atoms with Crippen LogP contribution in [0.5, 0.6) is 5.75 Å². The smallest absolute Gasteiger partial charge is 0.211 e. The van der Waals surface area contributed by atoms with Gasteiger partial charge in [-0.1, -0.05) is 0 Å². The minimum Gasteiger partial charge on any atom is -0.489 e. The molecule has 29 heavy (non-hydrogen) atoms. The van der Waals surface area contributed by atoms with E-state index in [1.165, 1.54) is 12.0 Å². The zero-order valence-electron chi connectivity index (χ0n) is 17.5. The van der Waals surface area contributed by atoms with Gasteiger partial charge >= 0.3 is 0 Å². The molecule has 2 fully saturated rings. The number of piperazine rings is 1. The number of anilines is 1. The number of aromatic nitrogens is 1. The number of nitrogens with one attached hydrogen (secondary N) is 1. The first-order valence-electron chi connectivity index (χ1n) is 11.1. The van der Waals surface area contributed by atoms with Gasteiger partial charge < -0.3 is 9.64 Å². The van der Waals surface area contributed by atoms with E-state index in [4.69, 9.17) is 4.74 Å². The normalized spacial score (nSPS) is 25.6. The number of hydrogen-bond donors (Lipinski definition) is 1. The van der Waals surface area contributed by atoms with Crippen molar-refractivity contribution < 1.29 is 13.2 Å². The van der Waals surface area contributed by atoms with Gasteiger partial charge in [-0.15, -0.1) is 0 Å². The molecule has 7 nitrogen and oxygen atoms in total. The van der Waals surface area contributed by atoms with Gasteiger partial charge in [-0.05, 0) is 57.6 Å². The molecule has 1 aromatic heterocycles. The van der Waals surface area contributed by atoms with Crippen molar-refractivity contribution in [3.63, 3.8) is 0 Å². The molecule has 1 saturated carbocycles. The van der Waals surface area contributed by atoms with Crippen molar-refractivity contribution in [3.05, 3.63) is 17.8 Å². The summed E-state index contributed by atoms with van der Waals surface area (Å²) in [5.41, 5.74) is 1.29. The van der Waals surface area contributed by atoms with Crippen molar-refractivity contribution in [2.24, 2.45) is 5.92 Å². The molecular weight excluding hydrogens is 388 g/mol. The summed E-state index contributed by atoms with van der Waals surface area (Å²) in [6, 6.07) is 2.21. The summed E-state index contributed by atoms with van der Waals surface area (Å²) in [6.45, 7) is 7.74. The summed E-state index contributed by atoms with van der Waals surface area (Å²) in [7, 11) is -3.08. The maximum Gasteiger partial charge on any atom is 0.211 e. The molecule has 1 N–H and O–H groups in total. The fraction of sp³-hybridized carbons (Fsp3) is 0.762. The molecule has 3 aliphatic rings. The Morgan fingerprint density at radius 3 is 2.66 bits per heavy atom. The molecule has 3 heterocycles.